The number of ether oxygens (including phenoxy) is 2. The molecule has 0 amide bonds. The minimum Gasteiger partial charge on any atom is -0.382 e. The molecule has 0 aliphatic rings. The SMILES string of the molecule is CCC(COC)(OC)C(C)C. The second-order valence-corrected chi connectivity index (χ2v) is 3.21. The normalized spacial score (nSPS) is 16.9. The maximum Gasteiger partial charge on any atom is 0.0930 e. The number of hydrogen-bond acceptors (Lipinski definition) is 2. The molecule has 0 aromatic heterocycles. The Morgan fingerprint density at radius 2 is 1.82 bits per heavy atom. The summed E-state index contributed by atoms with van der Waals surface area (Å²) >= 11 is 0. The first kappa shape index (κ1) is 10.9. The summed E-state index contributed by atoms with van der Waals surface area (Å²) in [5, 5.41) is 0. The summed E-state index contributed by atoms with van der Waals surface area (Å²) in [4.78, 5) is 0. The molecule has 68 valence electrons. The highest BCUT2D eigenvalue weighted by molar-refractivity contribution is 4.81. The van der Waals surface area contributed by atoms with E-state index in [2.05, 4.69) is 20.8 Å². The molecule has 2 heteroatoms. The third-order valence-corrected chi connectivity index (χ3v) is 2.45. The van der Waals surface area contributed by atoms with Crippen LogP contribution >= 0.6 is 0 Å². The van der Waals surface area contributed by atoms with Gasteiger partial charge in [-0.25, -0.2) is 0 Å². The number of methoxy groups -OCH3 is 2. The van der Waals surface area contributed by atoms with Crippen LogP contribution in [-0.4, -0.2) is 26.4 Å². The van der Waals surface area contributed by atoms with Gasteiger partial charge >= 0.3 is 0 Å². The zero-order valence-corrected chi connectivity index (χ0v) is 8.31. The number of rotatable bonds is 5. The molecule has 0 N–H and O–H groups in total. The Morgan fingerprint density at radius 1 is 1.27 bits per heavy atom. The average Bonchev–Trinajstić information content (AvgIpc) is 2.00. The Labute approximate surface area is 69.9 Å². The van der Waals surface area contributed by atoms with Gasteiger partial charge in [0, 0.05) is 14.2 Å². The van der Waals surface area contributed by atoms with Crippen molar-refractivity contribution in [2.75, 3.05) is 20.8 Å². The van der Waals surface area contributed by atoms with Gasteiger partial charge in [0.2, 0.25) is 0 Å². The first-order valence-corrected chi connectivity index (χ1v) is 4.17. The summed E-state index contributed by atoms with van der Waals surface area (Å²) in [5.41, 5.74) is -0.0885. The van der Waals surface area contributed by atoms with Crippen molar-refractivity contribution < 1.29 is 9.47 Å². The van der Waals surface area contributed by atoms with Crippen LogP contribution in [0.1, 0.15) is 27.2 Å². The summed E-state index contributed by atoms with van der Waals surface area (Å²) < 4.78 is 10.6. The van der Waals surface area contributed by atoms with Gasteiger partial charge in [-0.2, -0.15) is 0 Å². The van der Waals surface area contributed by atoms with Gasteiger partial charge in [-0.15, -0.1) is 0 Å². The summed E-state index contributed by atoms with van der Waals surface area (Å²) in [6.45, 7) is 7.12. The summed E-state index contributed by atoms with van der Waals surface area (Å²) in [6, 6.07) is 0. The monoisotopic (exact) mass is 160 g/mol. The fraction of sp³-hybridized carbons (Fsp3) is 1.00. The van der Waals surface area contributed by atoms with Crippen molar-refractivity contribution >= 4 is 0 Å². The molecule has 0 spiro atoms. The van der Waals surface area contributed by atoms with Crippen LogP contribution in [0.4, 0.5) is 0 Å². The average molecular weight is 160 g/mol. The predicted octanol–water partition coefficient (Wildman–Crippen LogP) is 2.08. The quantitative estimate of drug-likeness (QED) is 0.613. The number of hydrogen-bond donors (Lipinski definition) is 0. The highest BCUT2D eigenvalue weighted by Crippen LogP contribution is 2.24. The maximum absolute atomic E-state index is 5.46. The first-order valence-electron chi connectivity index (χ1n) is 4.17. The molecular weight excluding hydrogens is 140 g/mol. The van der Waals surface area contributed by atoms with Crippen LogP contribution in [-0.2, 0) is 9.47 Å². The van der Waals surface area contributed by atoms with E-state index in [1.165, 1.54) is 0 Å². The van der Waals surface area contributed by atoms with Crippen LogP contribution in [0.5, 0.6) is 0 Å². The third-order valence-electron chi connectivity index (χ3n) is 2.45. The Hall–Kier alpha value is -0.0800. The molecule has 0 aliphatic carbocycles. The van der Waals surface area contributed by atoms with Gasteiger partial charge in [0.1, 0.15) is 0 Å². The van der Waals surface area contributed by atoms with Crippen molar-refractivity contribution in [2.45, 2.75) is 32.8 Å². The Bertz CT molecular complexity index is 95.7. The lowest BCUT2D eigenvalue weighted by Gasteiger charge is -2.34. The van der Waals surface area contributed by atoms with E-state index in [4.69, 9.17) is 9.47 Å². The van der Waals surface area contributed by atoms with Crippen LogP contribution < -0.4 is 0 Å². The standard InChI is InChI=1S/C9H20O2/c1-6-9(11-5,7-10-4)8(2)3/h8H,6-7H2,1-5H3. The van der Waals surface area contributed by atoms with Crippen LogP contribution in [0.15, 0.2) is 0 Å². The molecule has 0 aliphatic heterocycles. The largest absolute Gasteiger partial charge is 0.382 e. The topological polar surface area (TPSA) is 18.5 Å². The third kappa shape index (κ3) is 2.46. The Morgan fingerprint density at radius 3 is 1.91 bits per heavy atom. The molecule has 0 heterocycles. The molecule has 2 nitrogen and oxygen atoms in total. The summed E-state index contributed by atoms with van der Waals surface area (Å²) in [6.07, 6.45) is 0.995. The lowest BCUT2D eigenvalue weighted by Crippen LogP contribution is -2.41. The maximum atomic E-state index is 5.46. The second kappa shape index (κ2) is 4.73. The van der Waals surface area contributed by atoms with E-state index < -0.39 is 0 Å². The molecule has 0 saturated heterocycles. The smallest absolute Gasteiger partial charge is 0.0930 e. The molecule has 0 aromatic carbocycles. The molecule has 0 bridgehead atoms. The molecule has 0 rings (SSSR count). The van der Waals surface area contributed by atoms with Crippen molar-refractivity contribution in [3.05, 3.63) is 0 Å². The zero-order valence-electron chi connectivity index (χ0n) is 8.31. The minimum absolute atomic E-state index is 0.0885. The van der Waals surface area contributed by atoms with Gasteiger partial charge < -0.3 is 9.47 Å². The van der Waals surface area contributed by atoms with Crippen LogP contribution in [0.3, 0.4) is 0 Å². The minimum atomic E-state index is -0.0885. The van der Waals surface area contributed by atoms with Crippen molar-refractivity contribution in [2.24, 2.45) is 5.92 Å². The first-order chi connectivity index (χ1) is 5.13. The highest BCUT2D eigenvalue weighted by atomic mass is 16.5. The van der Waals surface area contributed by atoms with E-state index in [1.807, 2.05) is 0 Å². The molecule has 0 saturated carbocycles. The highest BCUT2D eigenvalue weighted by Gasteiger charge is 2.31. The Kier molecular flexibility index (Phi) is 4.69. The molecule has 0 fully saturated rings. The van der Waals surface area contributed by atoms with Crippen molar-refractivity contribution in [3.8, 4) is 0 Å². The summed E-state index contributed by atoms with van der Waals surface area (Å²) in [5.74, 6) is 0.498. The van der Waals surface area contributed by atoms with Gasteiger partial charge in [-0.3, -0.25) is 0 Å². The lowest BCUT2D eigenvalue weighted by molar-refractivity contribution is -0.0964. The van der Waals surface area contributed by atoms with Gasteiger partial charge in [0.15, 0.2) is 0 Å². The lowest BCUT2D eigenvalue weighted by atomic mass is 9.88. The van der Waals surface area contributed by atoms with E-state index in [9.17, 15) is 0 Å². The zero-order chi connectivity index (χ0) is 8.91. The molecule has 0 radical (unpaired) electrons. The second-order valence-electron chi connectivity index (χ2n) is 3.21. The van der Waals surface area contributed by atoms with Crippen molar-refractivity contribution in [1.29, 1.82) is 0 Å². The van der Waals surface area contributed by atoms with E-state index in [0.29, 0.717) is 12.5 Å². The predicted molar refractivity (Wildman–Crippen MR) is 46.7 cm³/mol. The van der Waals surface area contributed by atoms with E-state index >= 15 is 0 Å². The molecule has 11 heavy (non-hydrogen) atoms. The fourth-order valence-corrected chi connectivity index (χ4v) is 1.36. The van der Waals surface area contributed by atoms with E-state index in [0.717, 1.165) is 6.42 Å². The van der Waals surface area contributed by atoms with Gasteiger partial charge in [0.25, 0.3) is 0 Å². The van der Waals surface area contributed by atoms with Gasteiger partial charge in [-0.05, 0) is 12.3 Å². The van der Waals surface area contributed by atoms with E-state index in [-0.39, 0.29) is 5.60 Å². The van der Waals surface area contributed by atoms with Gasteiger partial charge in [-0.1, -0.05) is 20.8 Å². The van der Waals surface area contributed by atoms with Crippen molar-refractivity contribution in [3.63, 3.8) is 0 Å². The summed E-state index contributed by atoms with van der Waals surface area (Å²) in [7, 11) is 3.47. The molecular formula is C9H20O2. The van der Waals surface area contributed by atoms with E-state index in [1.54, 1.807) is 14.2 Å². The van der Waals surface area contributed by atoms with Gasteiger partial charge in [0.05, 0.1) is 12.2 Å². The Balaban J connectivity index is 4.20. The van der Waals surface area contributed by atoms with Crippen LogP contribution in [0.25, 0.3) is 0 Å². The van der Waals surface area contributed by atoms with Crippen LogP contribution in [0, 0.1) is 5.92 Å². The molecule has 1 unspecified atom stereocenters. The fourth-order valence-electron chi connectivity index (χ4n) is 1.36. The molecule has 0 aromatic rings. The van der Waals surface area contributed by atoms with Crippen LogP contribution in [0.2, 0.25) is 0 Å². The molecule has 1 atom stereocenters. The van der Waals surface area contributed by atoms with Crippen molar-refractivity contribution in [1.82, 2.24) is 0 Å².